The third-order valence-electron chi connectivity index (χ3n) is 4.07. The van der Waals surface area contributed by atoms with E-state index in [0.29, 0.717) is 13.1 Å². The van der Waals surface area contributed by atoms with E-state index >= 15 is 0 Å². The fourth-order valence-electron chi connectivity index (χ4n) is 2.97. The van der Waals surface area contributed by atoms with Crippen LogP contribution in [0, 0.1) is 0 Å². The molecule has 1 fully saturated rings. The van der Waals surface area contributed by atoms with E-state index in [4.69, 9.17) is 5.73 Å². The highest BCUT2D eigenvalue weighted by Crippen LogP contribution is 2.34. The highest BCUT2D eigenvalue weighted by Gasteiger charge is 2.41. The van der Waals surface area contributed by atoms with Gasteiger partial charge >= 0.3 is 0 Å². The molecule has 4 nitrogen and oxygen atoms in total. The fourth-order valence-corrected chi connectivity index (χ4v) is 4.59. The van der Waals surface area contributed by atoms with Gasteiger partial charge in [-0.3, -0.25) is 0 Å². The van der Waals surface area contributed by atoms with Crippen molar-refractivity contribution in [1.29, 1.82) is 0 Å². The maximum absolute atomic E-state index is 12.3. The van der Waals surface area contributed by atoms with E-state index in [1.165, 1.54) is 12.8 Å². The van der Waals surface area contributed by atoms with E-state index in [2.05, 4.69) is 0 Å². The molecule has 0 heterocycles. The maximum Gasteiger partial charge on any atom is 0.214 e. The highest BCUT2D eigenvalue weighted by atomic mass is 32.2. The Balaban J connectivity index is 3.05. The number of hydrogen-bond acceptors (Lipinski definition) is 3. The third kappa shape index (κ3) is 3.45. The van der Waals surface area contributed by atoms with Crippen molar-refractivity contribution in [3.63, 3.8) is 0 Å². The minimum atomic E-state index is -3.16. The Morgan fingerprint density at radius 2 is 1.67 bits per heavy atom. The van der Waals surface area contributed by atoms with Crippen LogP contribution in [-0.2, 0) is 10.0 Å². The Labute approximate surface area is 112 Å². The molecular weight excluding hydrogens is 248 g/mol. The Kier molecular flexibility index (Phi) is 6.08. The molecule has 0 aliphatic heterocycles. The molecule has 18 heavy (non-hydrogen) atoms. The molecule has 0 unspecified atom stereocenters. The molecule has 0 aromatic heterocycles. The first-order chi connectivity index (χ1) is 8.52. The second-order valence-electron chi connectivity index (χ2n) is 5.32. The Bertz CT molecular complexity index is 333. The average Bonchev–Trinajstić information content (AvgIpc) is 2.62. The van der Waals surface area contributed by atoms with Crippen LogP contribution < -0.4 is 5.73 Å². The molecule has 0 aromatic rings. The van der Waals surface area contributed by atoms with E-state index in [0.717, 1.165) is 32.1 Å². The summed E-state index contributed by atoms with van der Waals surface area (Å²) >= 11 is 0. The number of hydrogen-bond donors (Lipinski definition) is 1. The molecule has 0 atom stereocenters. The average molecular weight is 276 g/mol. The van der Waals surface area contributed by atoms with Gasteiger partial charge in [-0.25, -0.2) is 8.42 Å². The molecule has 0 amide bonds. The van der Waals surface area contributed by atoms with Crippen LogP contribution in [0.4, 0.5) is 0 Å². The van der Waals surface area contributed by atoms with E-state index < -0.39 is 10.0 Å². The minimum Gasteiger partial charge on any atom is -0.329 e. The Hall–Kier alpha value is -0.130. The highest BCUT2D eigenvalue weighted by molar-refractivity contribution is 7.89. The molecule has 0 spiro atoms. The summed E-state index contributed by atoms with van der Waals surface area (Å²) < 4.78 is 26.4. The molecule has 1 saturated carbocycles. The molecule has 0 radical (unpaired) electrons. The van der Waals surface area contributed by atoms with Crippen molar-refractivity contribution in [1.82, 2.24) is 4.31 Å². The van der Waals surface area contributed by atoms with Gasteiger partial charge < -0.3 is 5.73 Å². The summed E-state index contributed by atoms with van der Waals surface area (Å²) in [4.78, 5) is 0. The lowest BCUT2D eigenvalue weighted by Gasteiger charge is -2.42. The summed E-state index contributed by atoms with van der Waals surface area (Å²) in [5.74, 6) is 0.175. The predicted molar refractivity (Wildman–Crippen MR) is 75.9 cm³/mol. The molecule has 1 aliphatic carbocycles. The number of rotatable bonds is 6. The van der Waals surface area contributed by atoms with Crippen molar-refractivity contribution in [2.45, 2.75) is 64.3 Å². The van der Waals surface area contributed by atoms with Gasteiger partial charge in [0, 0.05) is 18.6 Å². The molecule has 2 N–H and O–H groups in total. The van der Waals surface area contributed by atoms with Crippen LogP contribution in [0.3, 0.4) is 0 Å². The van der Waals surface area contributed by atoms with Crippen molar-refractivity contribution >= 4 is 10.0 Å². The summed E-state index contributed by atoms with van der Waals surface area (Å²) in [7, 11) is -3.16. The van der Waals surface area contributed by atoms with Crippen molar-refractivity contribution in [2.24, 2.45) is 5.73 Å². The fraction of sp³-hybridized carbons (Fsp3) is 1.00. The summed E-state index contributed by atoms with van der Waals surface area (Å²) in [6.45, 7) is 4.80. The maximum atomic E-state index is 12.3. The molecule has 0 bridgehead atoms. The van der Waals surface area contributed by atoms with Gasteiger partial charge in [-0.2, -0.15) is 4.31 Å². The van der Waals surface area contributed by atoms with Crippen LogP contribution >= 0.6 is 0 Å². The van der Waals surface area contributed by atoms with Gasteiger partial charge in [-0.1, -0.05) is 32.6 Å². The SMILES string of the molecule is CCCN(C1(CN)CCCCCC1)S(=O)(=O)CC. The Morgan fingerprint density at radius 1 is 1.11 bits per heavy atom. The lowest BCUT2D eigenvalue weighted by atomic mass is 9.90. The lowest BCUT2D eigenvalue weighted by Crippen LogP contribution is -2.56. The van der Waals surface area contributed by atoms with Crippen LogP contribution in [0.1, 0.15) is 58.8 Å². The van der Waals surface area contributed by atoms with Crippen LogP contribution in [0.15, 0.2) is 0 Å². The zero-order chi connectivity index (χ0) is 13.6. The van der Waals surface area contributed by atoms with Crippen LogP contribution in [0.25, 0.3) is 0 Å². The van der Waals surface area contributed by atoms with Gasteiger partial charge in [0.25, 0.3) is 0 Å². The van der Waals surface area contributed by atoms with Crippen molar-refractivity contribution in [2.75, 3.05) is 18.8 Å². The topological polar surface area (TPSA) is 63.4 Å². The summed E-state index contributed by atoms with van der Waals surface area (Å²) in [5, 5.41) is 0. The molecule has 1 rings (SSSR count). The molecule has 1 aliphatic rings. The van der Waals surface area contributed by atoms with Crippen LogP contribution in [0.5, 0.6) is 0 Å². The summed E-state index contributed by atoms with van der Waals surface area (Å²) in [5.41, 5.74) is 5.67. The zero-order valence-corrected chi connectivity index (χ0v) is 12.6. The molecule has 5 heteroatoms. The lowest BCUT2D eigenvalue weighted by molar-refractivity contribution is 0.167. The van der Waals surface area contributed by atoms with Gasteiger partial charge in [0.15, 0.2) is 0 Å². The quantitative estimate of drug-likeness (QED) is 0.756. The second-order valence-corrected chi connectivity index (χ2v) is 7.50. The molecule has 0 aromatic carbocycles. The summed E-state index contributed by atoms with van der Waals surface area (Å²) in [6, 6.07) is 0. The van der Waals surface area contributed by atoms with Crippen molar-refractivity contribution in [3.8, 4) is 0 Å². The van der Waals surface area contributed by atoms with Gasteiger partial charge in [-0.15, -0.1) is 0 Å². The predicted octanol–water partition coefficient (Wildman–Crippen LogP) is 2.10. The largest absolute Gasteiger partial charge is 0.329 e. The first-order valence-corrected chi connectivity index (χ1v) is 8.84. The standard InChI is InChI=1S/C13H28N2O2S/c1-3-11-15(18(16,17)4-2)13(12-14)9-7-5-6-8-10-13/h3-12,14H2,1-2H3. The van der Waals surface area contributed by atoms with Gasteiger partial charge in [0.05, 0.1) is 5.75 Å². The van der Waals surface area contributed by atoms with E-state index in [1.54, 1.807) is 11.2 Å². The number of nitrogens with zero attached hydrogens (tertiary/aromatic N) is 1. The molecule has 108 valence electrons. The van der Waals surface area contributed by atoms with Crippen LogP contribution in [-0.4, -0.2) is 37.1 Å². The van der Waals surface area contributed by atoms with Gasteiger partial charge in [0.1, 0.15) is 0 Å². The smallest absolute Gasteiger partial charge is 0.214 e. The monoisotopic (exact) mass is 276 g/mol. The first-order valence-electron chi connectivity index (χ1n) is 7.23. The number of sulfonamides is 1. The second kappa shape index (κ2) is 6.87. The first kappa shape index (κ1) is 15.9. The van der Waals surface area contributed by atoms with E-state index in [1.807, 2.05) is 6.92 Å². The van der Waals surface area contributed by atoms with Crippen LogP contribution in [0.2, 0.25) is 0 Å². The third-order valence-corrected chi connectivity index (χ3v) is 6.04. The van der Waals surface area contributed by atoms with Crippen molar-refractivity contribution in [3.05, 3.63) is 0 Å². The van der Waals surface area contributed by atoms with E-state index in [-0.39, 0.29) is 11.3 Å². The van der Waals surface area contributed by atoms with E-state index in [9.17, 15) is 8.42 Å². The molecule has 0 saturated heterocycles. The minimum absolute atomic E-state index is 0.175. The molecular formula is C13H28N2O2S. The van der Waals surface area contributed by atoms with Crippen molar-refractivity contribution < 1.29 is 8.42 Å². The normalized spacial score (nSPS) is 20.9. The zero-order valence-electron chi connectivity index (χ0n) is 11.8. The summed E-state index contributed by atoms with van der Waals surface area (Å²) in [6.07, 6.45) is 7.28. The van der Waals surface area contributed by atoms with Gasteiger partial charge in [0.2, 0.25) is 10.0 Å². The number of nitrogens with two attached hydrogens (primary N) is 1. The Morgan fingerprint density at radius 3 is 2.06 bits per heavy atom. The van der Waals surface area contributed by atoms with Gasteiger partial charge in [-0.05, 0) is 26.2 Å².